The van der Waals surface area contributed by atoms with Crippen LogP contribution in [0.25, 0.3) is 0 Å². The number of aromatic nitrogens is 2. The highest BCUT2D eigenvalue weighted by atomic mass is 16.5. The fourth-order valence-corrected chi connectivity index (χ4v) is 2.55. The Balaban J connectivity index is 2.11. The molecule has 0 saturated heterocycles. The lowest BCUT2D eigenvalue weighted by Gasteiger charge is -2.12. The Morgan fingerprint density at radius 3 is 2.64 bits per heavy atom. The summed E-state index contributed by atoms with van der Waals surface area (Å²) >= 11 is 0. The number of nitrogens with zero attached hydrogens (tertiary/aromatic N) is 3. The van der Waals surface area contributed by atoms with E-state index in [-0.39, 0.29) is 12.3 Å². The minimum absolute atomic E-state index is 0.223. The highest BCUT2D eigenvalue weighted by Crippen LogP contribution is 2.18. The highest BCUT2D eigenvalue weighted by molar-refractivity contribution is 6.07. The maximum atomic E-state index is 12.7. The van der Waals surface area contributed by atoms with Crippen LogP contribution in [0.2, 0.25) is 0 Å². The molecular formula is C20H27N5O3. The van der Waals surface area contributed by atoms with Crippen LogP contribution in [0.5, 0.6) is 0 Å². The number of aryl methyl sites for hydroxylation is 1. The number of benzene rings is 1. The van der Waals surface area contributed by atoms with E-state index < -0.39 is 11.9 Å². The van der Waals surface area contributed by atoms with Crippen molar-refractivity contribution in [2.75, 3.05) is 44.4 Å². The number of carbonyl (C=O) groups excluding carboxylic acids is 2. The Labute approximate surface area is 165 Å². The van der Waals surface area contributed by atoms with E-state index in [9.17, 15) is 9.59 Å². The van der Waals surface area contributed by atoms with Gasteiger partial charge in [0, 0.05) is 12.6 Å². The van der Waals surface area contributed by atoms with Crippen LogP contribution in [-0.4, -0.2) is 60.5 Å². The first-order valence-electron chi connectivity index (χ1n) is 9.22. The molecule has 8 nitrogen and oxygen atoms in total. The van der Waals surface area contributed by atoms with Gasteiger partial charge in [0.15, 0.2) is 0 Å². The molecule has 0 unspecified atom stereocenters. The molecule has 1 aromatic heterocycles. The van der Waals surface area contributed by atoms with Gasteiger partial charge in [0.25, 0.3) is 5.91 Å². The first-order chi connectivity index (χ1) is 13.4. The third kappa shape index (κ3) is 6.31. The van der Waals surface area contributed by atoms with Gasteiger partial charge in [0.05, 0.1) is 17.9 Å². The number of ether oxygens (including phenoxy) is 1. The van der Waals surface area contributed by atoms with Crippen molar-refractivity contribution in [1.29, 1.82) is 0 Å². The number of carbonyl (C=O) groups is 2. The summed E-state index contributed by atoms with van der Waals surface area (Å²) in [6.07, 6.45) is 0.949. The summed E-state index contributed by atoms with van der Waals surface area (Å²) in [4.78, 5) is 35.4. The van der Waals surface area contributed by atoms with Gasteiger partial charge in [-0.15, -0.1) is 0 Å². The molecule has 28 heavy (non-hydrogen) atoms. The molecule has 150 valence electrons. The lowest BCUT2D eigenvalue weighted by molar-refractivity contribution is 0.0527. The molecular weight excluding hydrogens is 358 g/mol. The minimum atomic E-state index is -0.486. The van der Waals surface area contributed by atoms with E-state index in [2.05, 4.69) is 25.5 Å². The van der Waals surface area contributed by atoms with E-state index in [0.717, 1.165) is 19.5 Å². The number of para-hydroxylation sites is 1. The van der Waals surface area contributed by atoms with E-state index in [1.807, 2.05) is 14.1 Å². The van der Waals surface area contributed by atoms with Crippen LogP contribution >= 0.6 is 0 Å². The predicted octanol–water partition coefficient (Wildman–Crippen LogP) is 2.58. The Bertz CT molecular complexity index is 823. The summed E-state index contributed by atoms with van der Waals surface area (Å²) in [5, 5.41) is 5.95. The molecule has 0 radical (unpaired) electrons. The smallest absolute Gasteiger partial charge is 0.340 e. The number of esters is 1. The van der Waals surface area contributed by atoms with Crippen molar-refractivity contribution in [3.8, 4) is 0 Å². The van der Waals surface area contributed by atoms with Gasteiger partial charge in [-0.05, 0) is 53.0 Å². The quantitative estimate of drug-likeness (QED) is 0.506. The van der Waals surface area contributed by atoms with Crippen LogP contribution in [0.1, 0.15) is 40.0 Å². The van der Waals surface area contributed by atoms with Crippen LogP contribution in [0.15, 0.2) is 30.3 Å². The van der Waals surface area contributed by atoms with Gasteiger partial charge in [0.2, 0.25) is 0 Å². The molecule has 2 N–H and O–H groups in total. The molecule has 8 heteroatoms. The molecule has 0 bridgehead atoms. The number of amides is 1. The molecule has 2 rings (SSSR count). The monoisotopic (exact) mass is 385 g/mol. The molecule has 1 amide bonds. The van der Waals surface area contributed by atoms with Gasteiger partial charge in [-0.25, -0.2) is 14.8 Å². The van der Waals surface area contributed by atoms with Crippen molar-refractivity contribution in [3.63, 3.8) is 0 Å². The third-order valence-corrected chi connectivity index (χ3v) is 3.83. The van der Waals surface area contributed by atoms with E-state index >= 15 is 0 Å². The number of rotatable bonds is 9. The van der Waals surface area contributed by atoms with E-state index in [4.69, 9.17) is 4.74 Å². The van der Waals surface area contributed by atoms with Crippen LogP contribution in [0.3, 0.4) is 0 Å². The molecule has 0 aliphatic rings. The zero-order chi connectivity index (χ0) is 20.5. The molecule has 0 fully saturated rings. The van der Waals surface area contributed by atoms with Crippen molar-refractivity contribution in [2.45, 2.75) is 20.3 Å². The predicted molar refractivity (Wildman–Crippen MR) is 109 cm³/mol. The standard InChI is InChI=1S/C20H27N5O3/c1-5-28-20(27)15-9-6-7-10-16(15)24-19(26)17-13-18(23-14(2)22-17)21-11-8-12-25(3)4/h6-7,9-10,13H,5,8,11-12H2,1-4H3,(H,24,26)(H,21,22,23). The van der Waals surface area contributed by atoms with Crippen molar-refractivity contribution >= 4 is 23.4 Å². The first-order valence-corrected chi connectivity index (χ1v) is 9.22. The van der Waals surface area contributed by atoms with Crippen LogP contribution < -0.4 is 10.6 Å². The second-order valence-corrected chi connectivity index (χ2v) is 6.49. The molecule has 2 aromatic rings. The zero-order valence-electron chi connectivity index (χ0n) is 16.8. The van der Waals surface area contributed by atoms with Gasteiger partial charge in [-0.2, -0.15) is 0 Å². The molecule has 0 spiro atoms. The van der Waals surface area contributed by atoms with Crippen molar-refractivity contribution < 1.29 is 14.3 Å². The molecule has 1 aromatic carbocycles. The minimum Gasteiger partial charge on any atom is -0.462 e. The lowest BCUT2D eigenvalue weighted by atomic mass is 10.1. The largest absolute Gasteiger partial charge is 0.462 e. The topological polar surface area (TPSA) is 96.4 Å². The Morgan fingerprint density at radius 2 is 1.93 bits per heavy atom. The number of hydrogen-bond acceptors (Lipinski definition) is 7. The molecule has 0 saturated carbocycles. The van der Waals surface area contributed by atoms with E-state index in [1.54, 1.807) is 44.2 Å². The van der Waals surface area contributed by atoms with Gasteiger partial charge < -0.3 is 20.3 Å². The Kier molecular flexibility index (Phi) is 7.88. The fourth-order valence-electron chi connectivity index (χ4n) is 2.55. The molecule has 0 atom stereocenters. The first kappa shape index (κ1) is 21.3. The molecule has 0 aliphatic carbocycles. The second kappa shape index (κ2) is 10.4. The van der Waals surface area contributed by atoms with Crippen LogP contribution in [0.4, 0.5) is 11.5 Å². The van der Waals surface area contributed by atoms with Gasteiger partial charge in [0.1, 0.15) is 17.3 Å². The molecule has 1 heterocycles. The maximum Gasteiger partial charge on any atom is 0.340 e. The number of hydrogen-bond donors (Lipinski definition) is 2. The summed E-state index contributed by atoms with van der Waals surface area (Å²) in [5.74, 6) is 0.177. The summed E-state index contributed by atoms with van der Waals surface area (Å²) in [6.45, 7) is 5.41. The zero-order valence-corrected chi connectivity index (χ0v) is 16.8. The van der Waals surface area contributed by atoms with Crippen LogP contribution in [-0.2, 0) is 4.74 Å². The maximum absolute atomic E-state index is 12.7. The van der Waals surface area contributed by atoms with Gasteiger partial charge in [-0.3, -0.25) is 4.79 Å². The average Bonchev–Trinajstić information content (AvgIpc) is 2.65. The molecule has 0 aliphatic heterocycles. The summed E-state index contributed by atoms with van der Waals surface area (Å²) < 4.78 is 5.04. The lowest BCUT2D eigenvalue weighted by Crippen LogP contribution is -2.19. The summed E-state index contributed by atoms with van der Waals surface area (Å²) in [7, 11) is 4.04. The normalized spacial score (nSPS) is 10.6. The average molecular weight is 385 g/mol. The van der Waals surface area contributed by atoms with Crippen molar-refractivity contribution in [1.82, 2.24) is 14.9 Å². The SMILES string of the molecule is CCOC(=O)c1ccccc1NC(=O)c1cc(NCCCN(C)C)nc(C)n1. The van der Waals surface area contributed by atoms with Crippen molar-refractivity contribution in [3.05, 3.63) is 47.4 Å². The number of nitrogens with one attached hydrogen (secondary N) is 2. The highest BCUT2D eigenvalue weighted by Gasteiger charge is 2.16. The Hall–Kier alpha value is -3.00. The van der Waals surface area contributed by atoms with Gasteiger partial charge >= 0.3 is 5.97 Å². The summed E-state index contributed by atoms with van der Waals surface area (Å²) in [6, 6.07) is 8.31. The van der Waals surface area contributed by atoms with Gasteiger partial charge in [-0.1, -0.05) is 12.1 Å². The second-order valence-electron chi connectivity index (χ2n) is 6.49. The van der Waals surface area contributed by atoms with E-state index in [0.29, 0.717) is 22.9 Å². The van der Waals surface area contributed by atoms with E-state index in [1.165, 1.54) is 0 Å². The third-order valence-electron chi connectivity index (χ3n) is 3.83. The van der Waals surface area contributed by atoms with Crippen LogP contribution in [0, 0.1) is 6.92 Å². The fraction of sp³-hybridized carbons (Fsp3) is 0.400. The van der Waals surface area contributed by atoms with Crippen molar-refractivity contribution in [2.24, 2.45) is 0 Å². The summed E-state index contributed by atoms with van der Waals surface area (Å²) in [5.41, 5.74) is 0.898. The Morgan fingerprint density at radius 1 is 1.18 bits per heavy atom. The number of anilines is 2.